The first-order valence-corrected chi connectivity index (χ1v) is 7.11. The normalized spacial score (nSPS) is 20.9. The van der Waals surface area contributed by atoms with E-state index in [1.165, 1.54) is 10.4 Å². The Morgan fingerprint density at radius 3 is 2.67 bits per heavy atom. The highest BCUT2D eigenvalue weighted by atomic mass is 19.1. The lowest BCUT2D eigenvalue weighted by atomic mass is 9.94. The third-order valence-electron chi connectivity index (χ3n) is 3.76. The van der Waals surface area contributed by atoms with Crippen LogP contribution in [0.3, 0.4) is 0 Å². The van der Waals surface area contributed by atoms with Crippen LogP contribution in [0, 0.1) is 5.92 Å². The lowest BCUT2D eigenvalue weighted by molar-refractivity contribution is -0.148. The first-order chi connectivity index (χ1) is 9.93. The molecule has 0 radical (unpaired) electrons. The van der Waals surface area contributed by atoms with Crippen LogP contribution in [0.5, 0.6) is 0 Å². The van der Waals surface area contributed by atoms with Crippen molar-refractivity contribution >= 4 is 17.7 Å². The van der Waals surface area contributed by atoms with Crippen LogP contribution in [0.25, 0.3) is 0 Å². The van der Waals surface area contributed by atoms with Crippen LogP contribution >= 0.6 is 0 Å². The lowest BCUT2D eigenvalue weighted by Gasteiger charge is -2.28. The zero-order valence-electron chi connectivity index (χ0n) is 12.0. The SMILES string of the molecule is CCCCC(C(=O)N1CCCC1C(N)=O)C(F)C(=O)NO. The topological polar surface area (TPSA) is 113 Å². The number of carbonyl (C=O) groups is 3. The highest BCUT2D eigenvalue weighted by Gasteiger charge is 2.41. The average molecular weight is 303 g/mol. The maximum Gasteiger partial charge on any atom is 0.278 e. The highest BCUT2D eigenvalue weighted by molar-refractivity contribution is 5.92. The number of nitrogens with one attached hydrogen (secondary N) is 1. The summed E-state index contributed by atoms with van der Waals surface area (Å²) in [6.45, 7) is 2.20. The number of nitrogens with two attached hydrogens (primary N) is 1. The Kier molecular flexibility index (Phi) is 6.54. The largest absolute Gasteiger partial charge is 0.368 e. The third kappa shape index (κ3) is 4.13. The van der Waals surface area contributed by atoms with E-state index in [-0.39, 0.29) is 6.42 Å². The standard InChI is InChI=1S/C13H22FN3O4/c1-2-3-5-8(10(14)12(19)16-21)13(20)17-7-4-6-9(17)11(15)18/h8-10,21H,2-7H2,1H3,(H2,15,18)(H,16,19). The van der Waals surface area contributed by atoms with Gasteiger partial charge in [-0.25, -0.2) is 9.87 Å². The monoisotopic (exact) mass is 303 g/mol. The van der Waals surface area contributed by atoms with Crippen molar-refractivity contribution in [2.45, 2.75) is 51.2 Å². The molecule has 120 valence electrons. The third-order valence-corrected chi connectivity index (χ3v) is 3.76. The minimum Gasteiger partial charge on any atom is -0.368 e. The van der Waals surface area contributed by atoms with Gasteiger partial charge in [0.2, 0.25) is 11.8 Å². The van der Waals surface area contributed by atoms with Crippen LogP contribution in [-0.4, -0.2) is 46.6 Å². The van der Waals surface area contributed by atoms with E-state index in [9.17, 15) is 18.8 Å². The molecule has 0 saturated carbocycles. The number of hydrogen-bond acceptors (Lipinski definition) is 4. The fraction of sp³-hybridized carbons (Fsp3) is 0.769. The number of likely N-dealkylation sites (tertiary alicyclic amines) is 1. The molecule has 0 aromatic carbocycles. The summed E-state index contributed by atoms with van der Waals surface area (Å²) in [6.07, 6.45) is 0.379. The summed E-state index contributed by atoms with van der Waals surface area (Å²) in [4.78, 5) is 36.3. The van der Waals surface area contributed by atoms with E-state index in [0.29, 0.717) is 25.8 Å². The number of alkyl halides is 1. The van der Waals surface area contributed by atoms with Crippen molar-refractivity contribution in [3.05, 3.63) is 0 Å². The number of nitrogens with zero attached hydrogens (tertiary/aromatic N) is 1. The second-order valence-electron chi connectivity index (χ2n) is 5.22. The van der Waals surface area contributed by atoms with E-state index in [1.807, 2.05) is 6.92 Å². The van der Waals surface area contributed by atoms with Gasteiger partial charge in [0.25, 0.3) is 5.91 Å². The van der Waals surface area contributed by atoms with E-state index >= 15 is 0 Å². The van der Waals surface area contributed by atoms with Crippen LogP contribution in [0.15, 0.2) is 0 Å². The van der Waals surface area contributed by atoms with Crippen molar-refractivity contribution < 1.29 is 24.0 Å². The summed E-state index contributed by atoms with van der Waals surface area (Å²) < 4.78 is 14.1. The Bertz CT molecular complexity index is 405. The van der Waals surface area contributed by atoms with Gasteiger partial charge in [-0.3, -0.25) is 19.6 Å². The number of primary amides is 1. The molecular formula is C13H22FN3O4. The quantitative estimate of drug-likeness (QED) is 0.457. The lowest BCUT2D eigenvalue weighted by Crippen LogP contribution is -2.49. The molecule has 1 fully saturated rings. The number of halogens is 1. The minimum absolute atomic E-state index is 0.173. The molecule has 8 heteroatoms. The van der Waals surface area contributed by atoms with Gasteiger partial charge in [-0.1, -0.05) is 19.8 Å². The number of carbonyl (C=O) groups excluding carboxylic acids is 3. The summed E-state index contributed by atoms with van der Waals surface area (Å²) in [7, 11) is 0. The number of unbranched alkanes of at least 4 members (excludes halogenated alkanes) is 1. The fourth-order valence-electron chi connectivity index (χ4n) is 2.60. The van der Waals surface area contributed by atoms with Gasteiger partial charge in [-0.2, -0.15) is 0 Å². The molecule has 3 amide bonds. The van der Waals surface area contributed by atoms with Gasteiger partial charge in [0.1, 0.15) is 6.04 Å². The molecule has 0 bridgehead atoms. The maximum atomic E-state index is 14.1. The highest BCUT2D eigenvalue weighted by Crippen LogP contribution is 2.25. The Morgan fingerprint density at radius 1 is 1.48 bits per heavy atom. The summed E-state index contributed by atoms with van der Waals surface area (Å²) in [6, 6.07) is -0.744. The van der Waals surface area contributed by atoms with Crippen LogP contribution in [0.1, 0.15) is 39.0 Å². The van der Waals surface area contributed by atoms with Crippen LogP contribution in [-0.2, 0) is 14.4 Å². The second kappa shape index (κ2) is 7.92. The summed E-state index contributed by atoms with van der Waals surface area (Å²) in [5.74, 6) is -3.69. The molecule has 1 heterocycles. The molecule has 1 aliphatic heterocycles. The summed E-state index contributed by atoms with van der Waals surface area (Å²) >= 11 is 0. The van der Waals surface area contributed by atoms with Crippen molar-refractivity contribution in [3.8, 4) is 0 Å². The molecule has 3 atom stereocenters. The molecule has 0 aliphatic carbocycles. The minimum atomic E-state index is -2.15. The van der Waals surface area contributed by atoms with Gasteiger partial charge >= 0.3 is 0 Å². The zero-order valence-corrected chi connectivity index (χ0v) is 12.0. The summed E-state index contributed by atoms with van der Waals surface area (Å²) in [5.41, 5.74) is 6.47. The van der Waals surface area contributed by atoms with E-state index < -0.39 is 35.9 Å². The second-order valence-corrected chi connectivity index (χ2v) is 5.22. The first kappa shape index (κ1) is 17.4. The van der Waals surface area contributed by atoms with Gasteiger partial charge in [0.05, 0.1) is 5.92 Å². The predicted octanol–water partition coefficient (Wildman–Crippen LogP) is 0.113. The van der Waals surface area contributed by atoms with Gasteiger partial charge in [0.15, 0.2) is 6.17 Å². The zero-order chi connectivity index (χ0) is 16.0. The molecule has 1 rings (SSSR count). The van der Waals surface area contributed by atoms with Gasteiger partial charge in [-0.05, 0) is 19.3 Å². The molecule has 1 aliphatic rings. The van der Waals surface area contributed by atoms with Crippen molar-refractivity contribution in [2.75, 3.05) is 6.54 Å². The molecule has 1 saturated heterocycles. The smallest absolute Gasteiger partial charge is 0.278 e. The molecule has 0 aromatic rings. The molecule has 21 heavy (non-hydrogen) atoms. The van der Waals surface area contributed by atoms with Gasteiger partial charge in [-0.15, -0.1) is 0 Å². The van der Waals surface area contributed by atoms with Crippen molar-refractivity contribution in [2.24, 2.45) is 11.7 Å². The van der Waals surface area contributed by atoms with Gasteiger partial charge in [0, 0.05) is 6.54 Å². The fourth-order valence-corrected chi connectivity index (χ4v) is 2.60. The van der Waals surface area contributed by atoms with Crippen molar-refractivity contribution in [3.63, 3.8) is 0 Å². The Morgan fingerprint density at radius 2 is 2.14 bits per heavy atom. The maximum absolute atomic E-state index is 14.1. The van der Waals surface area contributed by atoms with Crippen LogP contribution in [0.4, 0.5) is 4.39 Å². The van der Waals surface area contributed by atoms with Crippen LogP contribution < -0.4 is 11.2 Å². The Balaban J connectivity index is 2.88. The van der Waals surface area contributed by atoms with E-state index in [4.69, 9.17) is 10.9 Å². The molecule has 7 nitrogen and oxygen atoms in total. The Labute approximate surface area is 122 Å². The molecule has 0 spiro atoms. The molecular weight excluding hydrogens is 281 g/mol. The molecule has 4 N–H and O–H groups in total. The predicted molar refractivity (Wildman–Crippen MR) is 71.8 cm³/mol. The van der Waals surface area contributed by atoms with E-state index in [2.05, 4.69) is 0 Å². The number of hydrogen-bond donors (Lipinski definition) is 3. The van der Waals surface area contributed by atoms with Crippen molar-refractivity contribution in [1.82, 2.24) is 10.4 Å². The van der Waals surface area contributed by atoms with Crippen LogP contribution in [0.2, 0.25) is 0 Å². The molecule has 3 unspecified atom stereocenters. The van der Waals surface area contributed by atoms with Crippen molar-refractivity contribution in [1.29, 1.82) is 0 Å². The summed E-state index contributed by atoms with van der Waals surface area (Å²) in [5, 5.41) is 8.53. The average Bonchev–Trinajstić information content (AvgIpc) is 2.95. The number of amides is 3. The van der Waals surface area contributed by atoms with E-state index in [1.54, 1.807) is 0 Å². The van der Waals surface area contributed by atoms with E-state index in [0.717, 1.165) is 6.42 Å². The first-order valence-electron chi connectivity index (χ1n) is 7.11. The number of rotatable bonds is 7. The number of hydroxylamine groups is 1. The molecule has 0 aromatic heterocycles. The Hall–Kier alpha value is -1.70. The van der Waals surface area contributed by atoms with Gasteiger partial charge < -0.3 is 10.6 Å².